The van der Waals surface area contributed by atoms with Crippen molar-refractivity contribution in [3.63, 3.8) is 0 Å². The average Bonchev–Trinajstić information content (AvgIpc) is 2.44. The van der Waals surface area contributed by atoms with Crippen LogP contribution < -0.4 is 5.73 Å². The summed E-state index contributed by atoms with van der Waals surface area (Å²) in [4.78, 5) is 4.40. The summed E-state index contributed by atoms with van der Waals surface area (Å²) in [5.41, 5.74) is 7.77. The molecule has 19 heavy (non-hydrogen) atoms. The minimum atomic E-state index is -0.175. The monoisotopic (exact) mass is 258 g/mol. The molecule has 2 rings (SSSR count). The van der Waals surface area contributed by atoms with E-state index < -0.39 is 0 Å². The molecule has 2 aromatic rings. The van der Waals surface area contributed by atoms with Crippen LogP contribution in [0.25, 0.3) is 0 Å². The van der Waals surface area contributed by atoms with E-state index in [2.05, 4.69) is 4.98 Å². The Hall–Kier alpha value is -1.74. The maximum atomic E-state index is 13.1. The summed E-state index contributed by atoms with van der Waals surface area (Å²) in [6.07, 6.45) is 4.50. The highest BCUT2D eigenvalue weighted by Gasteiger charge is 2.12. The minimum absolute atomic E-state index is 0.175. The highest BCUT2D eigenvalue weighted by atomic mass is 19.1. The number of nitrogens with zero attached hydrogens (tertiary/aromatic N) is 1. The molecule has 0 saturated carbocycles. The molecule has 0 fully saturated rings. The summed E-state index contributed by atoms with van der Waals surface area (Å²) in [5.74, 6) is 0.167. The first-order valence-electron chi connectivity index (χ1n) is 6.65. The number of aromatic nitrogens is 1. The van der Waals surface area contributed by atoms with Crippen molar-refractivity contribution in [3.05, 3.63) is 65.7 Å². The molecule has 2 N–H and O–H groups in total. The fourth-order valence-electron chi connectivity index (χ4n) is 2.29. The Bertz CT molecular complexity index is 499. The zero-order chi connectivity index (χ0) is 13.5. The summed E-state index contributed by atoms with van der Waals surface area (Å²) in [6.45, 7) is 0.643. The van der Waals surface area contributed by atoms with Crippen LogP contribution in [0, 0.1) is 5.82 Å². The summed E-state index contributed by atoms with van der Waals surface area (Å²) >= 11 is 0. The van der Waals surface area contributed by atoms with Crippen LogP contribution in [-0.4, -0.2) is 11.5 Å². The van der Waals surface area contributed by atoms with Crippen LogP contribution in [-0.2, 0) is 6.42 Å². The second kappa shape index (κ2) is 7.00. The number of rotatable bonds is 6. The highest BCUT2D eigenvalue weighted by Crippen LogP contribution is 2.23. The van der Waals surface area contributed by atoms with Crippen LogP contribution in [0.3, 0.4) is 0 Å². The molecule has 0 amide bonds. The van der Waals surface area contributed by atoms with Gasteiger partial charge in [0.15, 0.2) is 0 Å². The second-order valence-electron chi connectivity index (χ2n) is 4.70. The van der Waals surface area contributed by atoms with Gasteiger partial charge in [-0.15, -0.1) is 0 Å². The van der Waals surface area contributed by atoms with E-state index in [9.17, 15) is 4.39 Å². The third-order valence-corrected chi connectivity index (χ3v) is 3.29. The van der Waals surface area contributed by atoms with Gasteiger partial charge in [-0.25, -0.2) is 4.39 Å². The maximum absolute atomic E-state index is 13.1. The number of nitrogens with two attached hydrogens (primary N) is 1. The molecule has 0 saturated heterocycles. The molecule has 0 spiro atoms. The minimum Gasteiger partial charge on any atom is -0.330 e. The lowest BCUT2D eigenvalue weighted by atomic mass is 9.93. The molecule has 3 heteroatoms. The number of benzene rings is 1. The number of aryl methyl sites for hydroxylation is 1. The topological polar surface area (TPSA) is 38.9 Å². The molecule has 1 aromatic heterocycles. The molecule has 1 aromatic carbocycles. The molecule has 0 bridgehead atoms. The van der Waals surface area contributed by atoms with Crippen LogP contribution in [0.15, 0.2) is 48.7 Å². The third kappa shape index (κ3) is 4.14. The lowest BCUT2D eigenvalue weighted by molar-refractivity contribution is 0.567. The zero-order valence-electron chi connectivity index (χ0n) is 10.9. The molecular weight excluding hydrogens is 239 g/mol. The normalized spacial score (nSPS) is 12.3. The van der Waals surface area contributed by atoms with Gasteiger partial charge in [0.25, 0.3) is 0 Å². The predicted molar refractivity (Wildman–Crippen MR) is 75.4 cm³/mol. The Morgan fingerprint density at radius 3 is 2.68 bits per heavy atom. The SMILES string of the molecule is NCCC(CCc1cccc(F)c1)c1ccccn1. The van der Waals surface area contributed by atoms with Gasteiger partial charge < -0.3 is 5.73 Å². The largest absolute Gasteiger partial charge is 0.330 e. The standard InChI is InChI=1S/C16H19FN2/c17-15-5-3-4-13(12-15)7-8-14(9-10-18)16-6-1-2-11-19-16/h1-6,11-12,14H,7-10,18H2. The van der Waals surface area contributed by atoms with Crippen molar-refractivity contribution >= 4 is 0 Å². The van der Waals surface area contributed by atoms with Crippen molar-refractivity contribution in [2.75, 3.05) is 6.54 Å². The van der Waals surface area contributed by atoms with Gasteiger partial charge in [-0.2, -0.15) is 0 Å². The quantitative estimate of drug-likeness (QED) is 0.863. The molecule has 0 aliphatic heterocycles. The number of hydrogen-bond acceptors (Lipinski definition) is 2. The van der Waals surface area contributed by atoms with Crippen LogP contribution in [0.5, 0.6) is 0 Å². The van der Waals surface area contributed by atoms with Gasteiger partial charge in [0.05, 0.1) is 0 Å². The Morgan fingerprint density at radius 2 is 2.00 bits per heavy atom. The predicted octanol–water partition coefficient (Wildman–Crippen LogP) is 3.29. The molecule has 2 nitrogen and oxygen atoms in total. The lowest BCUT2D eigenvalue weighted by Crippen LogP contribution is -2.09. The van der Waals surface area contributed by atoms with Crippen molar-refractivity contribution < 1.29 is 4.39 Å². The van der Waals surface area contributed by atoms with Gasteiger partial charge in [-0.1, -0.05) is 18.2 Å². The van der Waals surface area contributed by atoms with E-state index in [-0.39, 0.29) is 5.82 Å². The first kappa shape index (κ1) is 13.7. The van der Waals surface area contributed by atoms with Gasteiger partial charge in [0.2, 0.25) is 0 Å². The smallest absolute Gasteiger partial charge is 0.123 e. The van der Waals surface area contributed by atoms with E-state index in [1.807, 2.05) is 24.3 Å². The molecule has 1 heterocycles. The Kier molecular flexibility index (Phi) is 5.04. The van der Waals surface area contributed by atoms with Crippen LogP contribution in [0.1, 0.15) is 30.0 Å². The van der Waals surface area contributed by atoms with E-state index >= 15 is 0 Å². The maximum Gasteiger partial charge on any atom is 0.123 e. The fraction of sp³-hybridized carbons (Fsp3) is 0.312. The molecule has 1 atom stereocenters. The summed E-state index contributed by atoms with van der Waals surface area (Å²) < 4.78 is 13.1. The first-order chi connectivity index (χ1) is 9.29. The van der Waals surface area contributed by atoms with Crippen molar-refractivity contribution in [1.29, 1.82) is 0 Å². The van der Waals surface area contributed by atoms with E-state index in [1.54, 1.807) is 18.3 Å². The van der Waals surface area contributed by atoms with Gasteiger partial charge in [0.1, 0.15) is 5.82 Å². The van der Waals surface area contributed by atoms with Crippen molar-refractivity contribution in [3.8, 4) is 0 Å². The third-order valence-electron chi connectivity index (χ3n) is 3.29. The zero-order valence-corrected chi connectivity index (χ0v) is 10.9. The van der Waals surface area contributed by atoms with E-state index in [0.29, 0.717) is 12.5 Å². The van der Waals surface area contributed by atoms with Gasteiger partial charge >= 0.3 is 0 Å². The van der Waals surface area contributed by atoms with Gasteiger partial charge in [-0.05, 0) is 55.6 Å². The van der Waals surface area contributed by atoms with Crippen LogP contribution in [0.2, 0.25) is 0 Å². The summed E-state index contributed by atoms with van der Waals surface area (Å²) in [7, 11) is 0. The van der Waals surface area contributed by atoms with Crippen LogP contribution >= 0.6 is 0 Å². The fourth-order valence-corrected chi connectivity index (χ4v) is 2.29. The van der Waals surface area contributed by atoms with E-state index in [0.717, 1.165) is 30.5 Å². The summed E-state index contributed by atoms with van der Waals surface area (Å²) in [6, 6.07) is 12.7. The second-order valence-corrected chi connectivity index (χ2v) is 4.70. The molecular formula is C16H19FN2. The van der Waals surface area contributed by atoms with Crippen LogP contribution in [0.4, 0.5) is 4.39 Å². The Balaban J connectivity index is 2.01. The Labute approximate surface area is 113 Å². The van der Waals surface area contributed by atoms with Crippen molar-refractivity contribution in [2.24, 2.45) is 5.73 Å². The van der Waals surface area contributed by atoms with E-state index in [4.69, 9.17) is 5.73 Å². The Morgan fingerprint density at radius 1 is 1.11 bits per heavy atom. The molecule has 0 aliphatic carbocycles. The van der Waals surface area contributed by atoms with Crippen molar-refractivity contribution in [1.82, 2.24) is 4.98 Å². The number of halogens is 1. The first-order valence-corrected chi connectivity index (χ1v) is 6.65. The van der Waals surface area contributed by atoms with Crippen molar-refractivity contribution in [2.45, 2.75) is 25.2 Å². The highest BCUT2D eigenvalue weighted by molar-refractivity contribution is 5.17. The average molecular weight is 258 g/mol. The number of hydrogen-bond donors (Lipinski definition) is 1. The van der Waals surface area contributed by atoms with Gasteiger partial charge in [0, 0.05) is 17.8 Å². The summed E-state index contributed by atoms with van der Waals surface area (Å²) in [5, 5.41) is 0. The van der Waals surface area contributed by atoms with Gasteiger partial charge in [-0.3, -0.25) is 4.98 Å². The molecule has 100 valence electrons. The molecule has 0 radical (unpaired) electrons. The van der Waals surface area contributed by atoms with E-state index in [1.165, 1.54) is 6.07 Å². The number of pyridine rings is 1. The lowest BCUT2D eigenvalue weighted by Gasteiger charge is -2.15. The molecule has 1 unspecified atom stereocenters. The molecule has 0 aliphatic rings.